The number of para-hydroxylation sites is 1. The first kappa shape index (κ1) is 33.9. The highest BCUT2D eigenvalue weighted by Gasteiger charge is 2.39. The van der Waals surface area contributed by atoms with Gasteiger partial charge in [0.1, 0.15) is 16.7 Å². The lowest BCUT2D eigenvalue weighted by molar-refractivity contribution is 0.619. The number of benzene rings is 8. The molecule has 0 saturated carbocycles. The van der Waals surface area contributed by atoms with Crippen molar-refractivity contribution in [2.45, 2.75) is 38.5 Å². The third-order valence-electron chi connectivity index (χ3n) is 13.1. The summed E-state index contributed by atoms with van der Waals surface area (Å²) in [5.74, 6) is 0.587. The molecule has 4 heteroatoms. The molecule has 2 aliphatic rings. The quantitative estimate of drug-likeness (QED) is 0.175. The number of anilines is 3. The minimum Gasteiger partial charge on any atom is -0.455 e. The molecule has 0 spiro atoms. The highest BCUT2D eigenvalue weighted by atomic mass is 16.4. The molecule has 282 valence electrons. The Hall–Kier alpha value is -7.17. The van der Waals surface area contributed by atoms with Crippen molar-refractivity contribution in [3.8, 4) is 44.8 Å². The van der Waals surface area contributed by atoms with Gasteiger partial charge in [-0.2, -0.15) is 0 Å². The molecule has 0 radical (unpaired) electrons. The van der Waals surface area contributed by atoms with Gasteiger partial charge in [-0.15, -0.1) is 0 Å². The van der Waals surface area contributed by atoms with E-state index >= 15 is 0 Å². The molecule has 12 rings (SSSR count). The summed E-state index contributed by atoms with van der Waals surface area (Å²) in [5, 5.41) is 2.07. The zero-order chi connectivity index (χ0) is 39.6. The van der Waals surface area contributed by atoms with Crippen LogP contribution in [0.3, 0.4) is 0 Å². The van der Waals surface area contributed by atoms with Crippen LogP contribution < -0.4 is 4.90 Å². The van der Waals surface area contributed by atoms with Crippen LogP contribution in [0.1, 0.15) is 49.9 Å². The highest BCUT2D eigenvalue weighted by molar-refractivity contribution is 6.16. The van der Waals surface area contributed by atoms with Gasteiger partial charge in [0.25, 0.3) is 0 Å². The number of furan rings is 1. The predicted molar refractivity (Wildman–Crippen MR) is 242 cm³/mol. The average Bonchev–Trinajstić information content (AvgIpc) is 3.99. The predicted octanol–water partition coefficient (Wildman–Crippen LogP) is 15.1. The number of hydrogen-bond acceptors (Lipinski definition) is 4. The topological polar surface area (TPSA) is 42.4 Å². The van der Waals surface area contributed by atoms with E-state index in [1.807, 2.05) is 42.5 Å². The van der Waals surface area contributed by atoms with Gasteiger partial charge in [-0.1, -0.05) is 143 Å². The number of rotatable bonds is 5. The van der Waals surface area contributed by atoms with Gasteiger partial charge in [-0.3, -0.25) is 0 Å². The molecule has 0 atom stereocenters. The second-order valence-electron chi connectivity index (χ2n) is 17.1. The zero-order valence-corrected chi connectivity index (χ0v) is 33.4. The van der Waals surface area contributed by atoms with Crippen LogP contribution in [0.15, 0.2) is 179 Å². The average molecular weight is 761 g/mol. The molecule has 10 aromatic rings. The number of hydrogen-bond donors (Lipinski definition) is 0. The van der Waals surface area contributed by atoms with E-state index in [9.17, 15) is 0 Å². The van der Waals surface area contributed by atoms with Gasteiger partial charge in [0.05, 0.1) is 11.3 Å². The van der Waals surface area contributed by atoms with Gasteiger partial charge in [0.15, 0.2) is 5.58 Å². The molecule has 0 fully saturated rings. The first-order valence-corrected chi connectivity index (χ1v) is 20.5. The maximum atomic E-state index is 6.67. The second-order valence-corrected chi connectivity index (χ2v) is 17.1. The fourth-order valence-electron chi connectivity index (χ4n) is 10.2. The summed E-state index contributed by atoms with van der Waals surface area (Å²) in [6, 6.07) is 61.0. The van der Waals surface area contributed by atoms with Gasteiger partial charge in [-0.25, -0.2) is 4.98 Å². The maximum Gasteiger partial charge on any atom is 0.227 e. The number of oxazole rings is 1. The Morgan fingerprint density at radius 2 is 1.08 bits per heavy atom. The Kier molecular flexibility index (Phi) is 7.00. The summed E-state index contributed by atoms with van der Waals surface area (Å²) in [6.07, 6.45) is 0. The molecule has 4 nitrogen and oxygen atoms in total. The van der Waals surface area contributed by atoms with Crippen molar-refractivity contribution in [3.63, 3.8) is 0 Å². The Bertz CT molecular complexity index is 3330. The van der Waals surface area contributed by atoms with Crippen molar-refractivity contribution < 1.29 is 8.83 Å². The Labute approximate surface area is 343 Å². The molecule has 0 N–H and O–H groups in total. The summed E-state index contributed by atoms with van der Waals surface area (Å²) in [5.41, 5.74) is 19.6. The number of fused-ring (bicyclic) bond motifs is 10. The number of aromatic nitrogens is 1. The first-order chi connectivity index (χ1) is 28.8. The summed E-state index contributed by atoms with van der Waals surface area (Å²) in [4.78, 5) is 7.49. The van der Waals surface area contributed by atoms with E-state index < -0.39 is 0 Å². The van der Waals surface area contributed by atoms with Crippen molar-refractivity contribution in [3.05, 3.63) is 192 Å². The van der Waals surface area contributed by atoms with Crippen LogP contribution in [0.25, 0.3) is 77.9 Å². The zero-order valence-electron chi connectivity index (χ0n) is 33.4. The minimum atomic E-state index is -0.142. The molecule has 8 aromatic carbocycles. The molecule has 2 aliphatic carbocycles. The third kappa shape index (κ3) is 4.80. The standard InChI is InChI=1S/C55H40N2O2/c1-54(2)43-21-12-9-19-40(43)50-44(54)22-14-23-47(50)57(36-29-30-38-37-17-8-11-20-42(37)55(3,4)45(38)31-36)35-27-25-33(26-28-35)49-51-41(39-18-10-13-24-48(39)58-51)32-46-52(49)59-53(56-46)34-15-6-5-7-16-34/h5-32H,1-4H3. The van der Waals surface area contributed by atoms with Gasteiger partial charge in [0.2, 0.25) is 5.89 Å². The SMILES string of the molecule is CC1(C)c2ccccc2-c2ccc(N(c3ccc(-c4c5oc(-c6ccccc6)nc5cc5c4oc4ccccc45)cc3)c3cccc4c3-c3ccccc3C4(C)C)cc21. The molecule has 0 saturated heterocycles. The normalized spacial score (nSPS) is 14.4. The second kappa shape index (κ2) is 12.2. The van der Waals surface area contributed by atoms with E-state index in [0.29, 0.717) is 11.5 Å². The first-order valence-electron chi connectivity index (χ1n) is 20.5. The molecular formula is C55H40N2O2. The highest BCUT2D eigenvalue weighted by Crippen LogP contribution is 2.56. The van der Waals surface area contributed by atoms with E-state index in [1.54, 1.807) is 0 Å². The summed E-state index contributed by atoms with van der Waals surface area (Å²) < 4.78 is 13.3. The molecular weight excluding hydrogens is 721 g/mol. The van der Waals surface area contributed by atoms with Crippen molar-refractivity contribution in [1.82, 2.24) is 4.98 Å². The lowest BCUT2D eigenvalue weighted by Crippen LogP contribution is -2.17. The van der Waals surface area contributed by atoms with E-state index in [4.69, 9.17) is 13.8 Å². The molecule has 2 heterocycles. The molecule has 2 aromatic heterocycles. The van der Waals surface area contributed by atoms with Crippen LogP contribution in [-0.4, -0.2) is 4.98 Å². The lowest BCUT2D eigenvalue weighted by atomic mass is 9.82. The van der Waals surface area contributed by atoms with Crippen molar-refractivity contribution >= 4 is 50.1 Å². The van der Waals surface area contributed by atoms with Crippen LogP contribution in [-0.2, 0) is 10.8 Å². The van der Waals surface area contributed by atoms with Crippen LogP contribution in [0.2, 0.25) is 0 Å². The smallest absolute Gasteiger partial charge is 0.227 e. The van der Waals surface area contributed by atoms with Gasteiger partial charge in [0, 0.05) is 44.1 Å². The van der Waals surface area contributed by atoms with E-state index in [-0.39, 0.29) is 10.8 Å². The van der Waals surface area contributed by atoms with Crippen molar-refractivity contribution in [2.24, 2.45) is 0 Å². The summed E-state index contributed by atoms with van der Waals surface area (Å²) >= 11 is 0. The van der Waals surface area contributed by atoms with Crippen molar-refractivity contribution in [1.29, 1.82) is 0 Å². The summed E-state index contributed by atoms with van der Waals surface area (Å²) in [7, 11) is 0. The summed E-state index contributed by atoms with van der Waals surface area (Å²) in [6.45, 7) is 9.40. The molecule has 0 amide bonds. The van der Waals surface area contributed by atoms with Gasteiger partial charge in [-0.05, 0) is 99.1 Å². The van der Waals surface area contributed by atoms with E-state index in [0.717, 1.165) is 61.2 Å². The molecule has 0 bridgehead atoms. The number of nitrogens with zero attached hydrogens (tertiary/aromatic N) is 2. The van der Waals surface area contributed by atoms with Crippen LogP contribution in [0.5, 0.6) is 0 Å². The van der Waals surface area contributed by atoms with Gasteiger partial charge < -0.3 is 13.7 Å². The van der Waals surface area contributed by atoms with Crippen LogP contribution in [0.4, 0.5) is 17.1 Å². The lowest BCUT2D eigenvalue weighted by Gasteiger charge is -2.30. The van der Waals surface area contributed by atoms with Crippen LogP contribution in [0, 0.1) is 0 Å². The Balaban J connectivity index is 1.08. The monoisotopic (exact) mass is 760 g/mol. The van der Waals surface area contributed by atoms with Crippen molar-refractivity contribution in [2.75, 3.05) is 4.90 Å². The Morgan fingerprint density at radius 3 is 1.90 bits per heavy atom. The van der Waals surface area contributed by atoms with E-state index in [2.05, 4.69) is 160 Å². The largest absolute Gasteiger partial charge is 0.455 e. The Morgan fingerprint density at radius 1 is 0.441 bits per heavy atom. The van der Waals surface area contributed by atoms with Crippen LogP contribution >= 0.6 is 0 Å². The fraction of sp³-hybridized carbons (Fsp3) is 0.109. The molecule has 0 aliphatic heterocycles. The van der Waals surface area contributed by atoms with E-state index in [1.165, 1.54) is 44.5 Å². The van der Waals surface area contributed by atoms with Gasteiger partial charge >= 0.3 is 0 Å². The third-order valence-corrected chi connectivity index (χ3v) is 13.1. The molecule has 0 unspecified atom stereocenters. The fourth-order valence-corrected chi connectivity index (χ4v) is 10.2. The minimum absolute atomic E-state index is 0.134. The molecule has 59 heavy (non-hydrogen) atoms. The maximum absolute atomic E-state index is 6.67.